The second-order valence-corrected chi connectivity index (χ2v) is 3.98. The van der Waals surface area contributed by atoms with Gasteiger partial charge in [-0.2, -0.15) is 0 Å². The van der Waals surface area contributed by atoms with Crippen LogP contribution in [-0.4, -0.2) is 48.6 Å². The molecule has 1 unspecified atom stereocenters. The highest BCUT2D eigenvalue weighted by molar-refractivity contribution is 5.77. The molecule has 0 aliphatic carbocycles. The monoisotopic (exact) mass is 245 g/mol. The Hall–Kier alpha value is -1.14. The van der Waals surface area contributed by atoms with Crippen molar-refractivity contribution >= 4 is 11.9 Å². The van der Waals surface area contributed by atoms with Gasteiger partial charge < -0.3 is 21.5 Å². The quantitative estimate of drug-likeness (QED) is 0.612. The lowest BCUT2D eigenvalue weighted by molar-refractivity contribution is -0.137. The molecule has 1 amide bonds. The van der Waals surface area contributed by atoms with E-state index < -0.39 is 5.97 Å². The maximum absolute atomic E-state index is 11.6. The lowest BCUT2D eigenvalue weighted by Gasteiger charge is -2.15. The van der Waals surface area contributed by atoms with E-state index in [2.05, 4.69) is 5.73 Å². The van der Waals surface area contributed by atoms with Crippen LogP contribution in [0, 0.1) is 5.92 Å². The minimum absolute atomic E-state index is 0.0622. The number of carbonyl (C=O) groups excluding carboxylic acids is 1. The van der Waals surface area contributed by atoms with Crippen LogP contribution < -0.4 is 11.5 Å². The Morgan fingerprint density at radius 1 is 1.35 bits per heavy atom. The number of amides is 1. The van der Waals surface area contributed by atoms with E-state index in [1.807, 2.05) is 0 Å². The highest BCUT2D eigenvalue weighted by atomic mass is 16.4. The van der Waals surface area contributed by atoms with Crippen LogP contribution in [0.5, 0.6) is 0 Å². The third kappa shape index (κ3) is 6.23. The minimum atomic E-state index is -0.843. The summed E-state index contributed by atoms with van der Waals surface area (Å²) < 4.78 is 0. The minimum Gasteiger partial charge on any atom is -0.481 e. The molecule has 0 aromatic heterocycles. The Morgan fingerprint density at radius 3 is 2.47 bits per heavy atom. The van der Waals surface area contributed by atoms with Crippen molar-refractivity contribution in [3.8, 4) is 0 Å². The zero-order valence-electron chi connectivity index (χ0n) is 10.4. The summed E-state index contributed by atoms with van der Waals surface area (Å²) in [7, 11) is 1.50. The highest BCUT2D eigenvalue weighted by Crippen LogP contribution is 2.16. The van der Waals surface area contributed by atoms with E-state index in [0.29, 0.717) is 25.3 Å². The standard InChI is InChI=1S/C10H18N2O3.CH5N/c11-6-8-4-5-12(7-8)9(13)2-1-3-10(14)15;1-2/h8H,1-7,11H2,(H,14,15);2H2,1H3. The van der Waals surface area contributed by atoms with E-state index in [9.17, 15) is 9.59 Å². The van der Waals surface area contributed by atoms with Crippen molar-refractivity contribution in [1.82, 2.24) is 4.90 Å². The first-order chi connectivity index (χ1) is 8.13. The first kappa shape index (κ1) is 15.9. The molecule has 1 aliphatic heterocycles. The lowest BCUT2D eigenvalue weighted by atomic mass is 10.1. The topological polar surface area (TPSA) is 110 Å². The van der Waals surface area contributed by atoms with Crippen molar-refractivity contribution in [3.05, 3.63) is 0 Å². The molecule has 0 bridgehead atoms. The van der Waals surface area contributed by atoms with Crippen LogP contribution >= 0.6 is 0 Å². The predicted octanol–water partition coefficient (Wildman–Crippen LogP) is -0.377. The average Bonchev–Trinajstić information content (AvgIpc) is 2.79. The Balaban J connectivity index is 0.00000121. The normalized spacial score (nSPS) is 18.5. The smallest absolute Gasteiger partial charge is 0.303 e. The molecule has 0 aromatic rings. The van der Waals surface area contributed by atoms with Gasteiger partial charge in [0.15, 0.2) is 0 Å². The summed E-state index contributed by atoms with van der Waals surface area (Å²) in [4.78, 5) is 23.6. The number of carboxylic acid groups (broad SMARTS) is 1. The molecule has 6 nitrogen and oxygen atoms in total. The summed E-state index contributed by atoms with van der Waals surface area (Å²) >= 11 is 0. The number of likely N-dealkylation sites (tertiary alicyclic amines) is 1. The maximum atomic E-state index is 11.6. The van der Waals surface area contributed by atoms with Gasteiger partial charge in [-0.15, -0.1) is 0 Å². The molecule has 1 fully saturated rings. The molecular formula is C11H23N3O3. The zero-order chi connectivity index (χ0) is 13.3. The highest BCUT2D eigenvalue weighted by Gasteiger charge is 2.24. The van der Waals surface area contributed by atoms with Crippen molar-refractivity contribution in [2.75, 3.05) is 26.7 Å². The first-order valence-electron chi connectivity index (χ1n) is 5.91. The number of hydrogen-bond donors (Lipinski definition) is 3. The lowest BCUT2D eigenvalue weighted by Crippen LogP contribution is -2.29. The van der Waals surface area contributed by atoms with Gasteiger partial charge in [-0.3, -0.25) is 9.59 Å². The first-order valence-corrected chi connectivity index (χ1v) is 5.91. The second-order valence-electron chi connectivity index (χ2n) is 3.98. The number of carboxylic acids is 1. The van der Waals surface area contributed by atoms with Crippen LogP contribution in [0.1, 0.15) is 25.7 Å². The van der Waals surface area contributed by atoms with Gasteiger partial charge in [-0.25, -0.2) is 0 Å². The predicted molar refractivity (Wildman–Crippen MR) is 65.3 cm³/mol. The van der Waals surface area contributed by atoms with E-state index in [1.165, 1.54) is 7.05 Å². The third-order valence-electron chi connectivity index (χ3n) is 2.75. The summed E-state index contributed by atoms with van der Waals surface area (Å²) in [6, 6.07) is 0. The van der Waals surface area contributed by atoms with Crippen LogP contribution in [0.25, 0.3) is 0 Å². The number of nitrogens with zero attached hydrogens (tertiary/aromatic N) is 1. The average molecular weight is 245 g/mol. The molecule has 0 aromatic carbocycles. The van der Waals surface area contributed by atoms with Gasteiger partial charge in [-0.05, 0) is 32.4 Å². The maximum Gasteiger partial charge on any atom is 0.303 e. The Morgan fingerprint density at radius 2 is 2.00 bits per heavy atom. The molecule has 0 spiro atoms. The summed E-state index contributed by atoms with van der Waals surface area (Å²) in [6.45, 7) is 2.13. The summed E-state index contributed by atoms with van der Waals surface area (Å²) in [5.41, 5.74) is 10.0. The third-order valence-corrected chi connectivity index (χ3v) is 2.75. The fourth-order valence-electron chi connectivity index (χ4n) is 1.80. The van der Waals surface area contributed by atoms with E-state index >= 15 is 0 Å². The summed E-state index contributed by atoms with van der Waals surface area (Å²) in [5.74, 6) is -0.357. The molecule has 5 N–H and O–H groups in total. The molecule has 17 heavy (non-hydrogen) atoms. The van der Waals surface area contributed by atoms with E-state index in [4.69, 9.17) is 10.8 Å². The van der Waals surface area contributed by atoms with Crippen molar-refractivity contribution in [1.29, 1.82) is 0 Å². The van der Waals surface area contributed by atoms with Gasteiger partial charge in [0.25, 0.3) is 0 Å². The van der Waals surface area contributed by atoms with Crippen LogP contribution in [-0.2, 0) is 9.59 Å². The van der Waals surface area contributed by atoms with Crippen molar-refractivity contribution in [2.24, 2.45) is 17.4 Å². The van der Waals surface area contributed by atoms with Gasteiger partial charge in [-0.1, -0.05) is 0 Å². The van der Waals surface area contributed by atoms with Gasteiger partial charge >= 0.3 is 5.97 Å². The Kier molecular flexibility index (Phi) is 8.35. The van der Waals surface area contributed by atoms with E-state index in [-0.39, 0.29) is 12.3 Å². The number of aliphatic carboxylic acids is 1. The molecule has 1 heterocycles. The molecular weight excluding hydrogens is 222 g/mol. The number of carbonyl (C=O) groups is 2. The Labute approximate surface area is 102 Å². The molecule has 0 radical (unpaired) electrons. The molecule has 1 aliphatic rings. The summed E-state index contributed by atoms with van der Waals surface area (Å²) in [5, 5.41) is 8.43. The molecule has 100 valence electrons. The van der Waals surface area contributed by atoms with Crippen LogP contribution in [0.4, 0.5) is 0 Å². The molecule has 0 saturated carbocycles. The zero-order valence-corrected chi connectivity index (χ0v) is 10.4. The largest absolute Gasteiger partial charge is 0.481 e. The van der Waals surface area contributed by atoms with Crippen LogP contribution in [0.3, 0.4) is 0 Å². The van der Waals surface area contributed by atoms with E-state index in [0.717, 1.165) is 19.5 Å². The van der Waals surface area contributed by atoms with Gasteiger partial charge in [0.05, 0.1) is 0 Å². The second kappa shape index (κ2) is 8.95. The number of hydrogen-bond acceptors (Lipinski definition) is 4. The molecule has 6 heteroatoms. The van der Waals surface area contributed by atoms with Crippen molar-refractivity contribution < 1.29 is 14.7 Å². The van der Waals surface area contributed by atoms with Crippen molar-refractivity contribution in [3.63, 3.8) is 0 Å². The van der Waals surface area contributed by atoms with Gasteiger partial charge in [0, 0.05) is 25.9 Å². The fraction of sp³-hybridized carbons (Fsp3) is 0.818. The van der Waals surface area contributed by atoms with E-state index in [1.54, 1.807) is 4.90 Å². The molecule has 1 atom stereocenters. The number of nitrogens with two attached hydrogens (primary N) is 2. The van der Waals surface area contributed by atoms with Gasteiger partial charge in [0.2, 0.25) is 5.91 Å². The van der Waals surface area contributed by atoms with Crippen molar-refractivity contribution in [2.45, 2.75) is 25.7 Å². The molecule has 1 saturated heterocycles. The molecule has 1 rings (SSSR count). The number of rotatable bonds is 5. The summed E-state index contributed by atoms with van der Waals surface area (Å²) in [6.07, 6.45) is 1.81. The fourth-order valence-corrected chi connectivity index (χ4v) is 1.80. The van der Waals surface area contributed by atoms with Crippen LogP contribution in [0.2, 0.25) is 0 Å². The Bertz CT molecular complexity index is 246. The van der Waals surface area contributed by atoms with Crippen LogP contribution in [0.15, 0.2) is 0 Å². The SMILES string of the molecule is CN.NCC1CCN(C(=O)CCCC(=O)O)C1. The van der Waals surface area contributed by atoms with Gasteiger partial charge in [0.1, 0.15) is 0 Å².